The average Bonchev–Trinajstić information content (AvgIpc) is 2.51. The summed E-state index contributed by atoms with van der Waals surface area (Å²) in [7, 11) is 0. The maximum absolute atomic E-state index is 3.78. The second-order valence-corrected chi connectivity index (χ2v) is 6.82. The zero-order chi connectivity index (χ0) is 14.9. The first-order valence-electron chi connectivity index (χ1n) is 8.03. The quantitative estimate of drug-likeness (QED) is 0.796. The standard InChI is InChI=1S/C20H25N/c1-4-15-9-11-17(12-10-15)21-19-18-8-6-5-7-16(18)13-14-20(19,2)3/h5-12,19,21H,4,13-14H2,1-3H3. The molecule has 0 spiro atoms. The highest BCUT2D eigenvalue weighted by Gasteiger charge is 2.35. The molecule has 3 rings (SSSR count). The minimum absolute atomic E-state index is 0.276. The van der Waals surface area contributed by atoms with Crippen molar-refractivity contribution in [3.05, 3.63) is 65.2 Å². The lowest BCUT2D eigenvalue weighted by Crippen LogP contribution is -2.33. The molecule has 0 saturated heterocycles. The first-order valence-corrected chi connectivity index (χ1v) is 8.03. The molecular weight excluding hydrogens is 254 g/mol. The summed E-state index contributed by atoms with van der Waals surface area (Å²) in [5, 5.41) is 3.78. The highest BCUT2D eigenvalue weighted by molar-refractivity contribution is 5.49. The van der Waals surface area contributed by atoms with Crippen LogP contribution in [-0.2, 0) is 12.8 Å². The molecule has 0 fully saturated rings. The Kier molecular flexibility index (Phi) is 3.75. The van der Waals surface area contributed by atoms with Crippen molar-refractivity contribution in [2.24, 2.45) is 5.41 Å². The molecule has 1 aliphatic carbocycles. The van der Waals surface area contributed by atoms with E-state index in [1.807, 2.05) is 0 Å². The number of aryl methyl sites for hydroxylation is 2. The third-order valence-electron chi connectivity index (χ3n) is 4.86. The summed E-state index contributed by atoms with van der Waals surface area (Å²) in [5.41, 5.74) is 5.86. The summed E-state index contributed by atoms with van der Waals surface area (Å²) in [6, 6.07) is 18.1. The van der Waals surface area contributed by atoms with Crippen LogP contribution < -0.4 is 5.32 Å². The predicted octanol–water partition coefficient (Wildman–Crippen LogP) is 5.37. The summed E-state index contributed by atoms with van der Waals surface area (Å²) >= 11 is 0. The second-order valence-electron chi connectivity index (χ2n) is 6.82. The van der Waals surface area contributed by atoms with Gasteiger partial charge >= 0.3 is 0 Å². The van der Waals surface area contributed by atoms with Crippen LogP contribution in [0.15, 0.2) is 48.5 Å². The van der Waals surface area contributed by atoms with E-state index in [0.717, 1.165) is 6.42 Å². The summed E-state index contributed by atoms with van der Waals surface area (Å²) in [5.74, 6) is 0. The largest absolute Gasteiger partial charge is 0.378 e. The van der Waals surface area contributed by atoms with Crippen molar-refractivity contribution >= 4 is 5.69 Å². The van der Waals surface area contributed by atoms with E-state index in [1.54, 1.807) is 0 Å². The predicted molar refractivity (Wildman–Crippen MR) is 90.7 cm³/mol. The van der Waals surface area contributed by atoms with Gasteiger partial charge in [-0.3, -0.25) is 0 Å². The molecule has 21 heavy (non-hydrogen) atoms. The van der Waals surface area contributed by atoms with Crippen LogP contribution in [0.3, 0.4) is 0 Å². The third-order valence-corrected chi connectivity index (χ3v) is 4.86. The van der Waals surface area contributed by atoms with Gasteiger partial charge in [0.2, 0.25) is 0 Å². The summed E-state index contributed by atoms with van der Waals surface area (Å²) in [6.07, 6.45) is 3.52. The average molecular weight is 279 g/mol. The van der Waals surface area contributed by atoms with Gasteiger partial charge in [0.1, 0.15) is 0 Å². The number of nitrogens with one attached hydrogen (secondary N) is 1. The van der Waals surface area contributed by atoms with Crippen LogP contribution in [0.2, 0.25) is 0 Å². The fourth-order valence-electron chi connectivity index (χ4n) is 3.34. The lowest BCUT2D eigenvalue weighted by molar-refractivity contribution is 0.265. The second kappa shape index (κ2) is 5.55. The van der Waals surface area contributed by atoms with Crippen LogP contribution in [0.5, 0.6) is 0 Å². The fourth-order valence-corrected chi connectivity index (χ4v) is 3.34. The van der Waals surface area contributed by atoms with Crippen molar-refractivity contribution in [2.75, 3.05) is 5.32 Å². The first kappa shape index (κ1) is 14.2. The molecule has 0 saturated carbocycles. The van der Waals surface area contributed by atoms with Crippen LogP contribution in [0.4, 0.5) is 5.69 Å². The van der Waals surface area contributed by atoms with Gasteiger partial charge in [-0.1, -0.05) is 57.2 Å². The zero-order valence-electron chi connectivity index (χ0n) is 13.3. The van der Waals surface area contributed by atoms with Gasteiger partial charge in [0, 0.05) is 5.69 Å². The number of rotatable bonds is 3. The van der Waals surface area contributed by atoms with Crippen LogP contribution in [0.1, 0.15) is 49.9 Å². The van der Waals surface area contributed by atoms with E-state index >= 15 is 0 Å². The van der Waals surface area contributed by atoms with E-state index in [4.69, 9.17) is 0 Å². The summed E-state index contributed by atoms with van der Waals surface area (Å²) in [4.78, 5) is 0. The zero-order valence-corrected chi connectivity index (χ0v) is 13.3. The SMILES string of the molecule is CCc1ccc(NC2c3ccccc3CCC2(C)C)cc1. The van der Waals surface area contributed by atoms with Crippen LogP contribution >= 0.6 is 0 Å². The van der Waals surface area contributed by atoms with Crippen molar-refractivity contribution in [2.45, 2.75) is 46.1 Å². The molecular formula is C20H25N. The van der Waals surface area contributed by atoms with Crippen LogP contribution in [0.25, 0.3) is 0 Å². The molecule has 1 N–H and O–H groups in total. The van der Waals surface area contributed by atoms with Gasteiger partial charge in [0.25, 0.3) is 0 Å². The van der Waals surface area contributed by atoms with Crippen LogP contribution in [0, 0.1) is 5.41 Å². The van der Waals surface area contributed by atoms with E-state index < -0.39 is 0 Å². The van der Waals surface area contributed by atoms with Crippen molar-refractivity contribution in [1.82, 2.24) is 0 Å². The molecule has 2 aromatic carbocycles. The number of hydrogen-bond acceptors (Lipinski definition) is 1. The minimum Gasteiger partial charge on any atom is -0.378 e. The van der Waals surface area contributed by atoms with E-state index in [2.05, 4.69) is 74.6 Å². The Bertz CT molecular complexity index is 610. The van der Waals surface area contributed by atoms with Gasteiger partial charge < -0.3 is 5.32 Å². The summed E-state index contributed by atoms with van der Waals surface area (Å²) < 4.78 is 0. The molecule has 1 aliphatic rings. The Balaban J connectivity index is 1.91. The van der Waals surface area contributed by atoms with E-state index in [0.29, 0.717) is 6.04 Å². The van der Waals surface area contributed by atoms with Crippen molar-refractivity contribution in [3.8, 4) is 0 Å². The molecule has 1 nitrogen and oxygen atoms in total. The van der Waals surface area contributed by atoms with Crippen molar-refractivity contribution in [1.29, 1.82) is 0 Å². The Hall–Kier alpha value is -1.76. The number of benzene rings is 2. The maximum Gasteiger partial charge on any atom is 0.0567 e. The Morgan fingerprint density at radius 1 is 1.05 bits per heavy atom. The first-order chi connectivity index (χ1) is 10.1. The lowest BCUT2D eigenvalue weighted by atomic mass is 9.70. The monoisotopic (exact) mass is 279 g/mol. The molecule has 0 heterocycles. The third kappa shape index (κ3) is 2.83. The highest BCUT2D eigenvalue weighted by atomic mass is 14.9. The number of fused-ring (bicyclic) bond motifs is 1. The molecule has 0 aliphatic heterocycles. The molecule has 2 aromatic rings. The molecule has 1 heteroatoms. The smallest absolute Gasteiger partial charge is 0.0567 e. The Morgan fingerprint density at radius 2 is 1.76 bits per heavy atom. The normalized spacial score (nSPS) is 19.9. The number of anilines is 1. The van der Waals surface area contributed by atoms with E-state index in [-0.39, 0.29) is 5.41 Å². The van der Waals surface area contributed by atoms with Gasteiger partial charge in [-0.2, -0.15) is 0 Å². The maximum atomic E-state index is 3.78. The lowest BCUT2D eigenvalue weighted by Gasteiger charge is -2.41. The fraction of sp³-hybridized carbons (Fsp3) is 0.400. The molecule has 1 atom stereocenters. The van der Waals surface area contributed by atoms with Gasteiger partial charge in [-0.15, -0.1) is 0 Å². The van der Waals surface area contributed by atoms with E-state index in [1.165, 1.54) is 35.2 Å². The van der Waals surface area contributed by atoms with E-state index in [9.17, 15) is 0 Å². The number of hydrogen-bond donors (Lipinski definition) is 1. The van der Waals surface area contributed by atoms with Gasteiger partial charge in [-0.25, -0.2) is 0 Å². The van der Waals surface area contributed by atoms with Gasteiger partial charge in [-0.05, 0) is 53.5 Å². The Morgan fingerprint density at radius 3 is 2.48 bits per heavy atom. The van der Waals surface area contributed by atoms with Gasteiger partial charge in [0.15, 0.2) is 0 Å². The molecule has 1 unspecified atom stereocenters. The molecule has 0 radical (unpaired) electrons. The van der Waals surface area contributed by atoms with Gasteiger partial charge in [0.05, 0.1) is 6.04 Å². The molecule has 0 amide bonds. The van der Waals surface area contributed by atoms with Crippen LogP contribution in [-0.4, -0.2) is 0 Å². The highest BCUT2D eigenvalue weighted by Crippen LogP contribution is 2.45. The Labute approximate surface area is 128 Å². The molecule has 0 aromatic heterocycles. The van der Waals surface area contributed by atoms with Crippen molar-refractivity contribution in [3.63, 3.8) is 0 Å². The topological polar surface area (TPSA) is 12.0 Å². The summed E-state index contributed by atoms with van der Waals surface area (Å²) in [6.45, 7) is 6.95. The van der Waals surface area contributed by atoms with Crippen molar-refractivity contribution < 1.29 is 0 Å². The minimum atomic E-state index is 0.276. The molecule has 0 bridgehead atoms. The molecule has 110 valence electrons.